The lowest BCUT2D eigenvalue weighted by molar-refractivity contribution is 0.0993. The molecule has 0 radical (unpaired) electrons. The van der Waals surface area contributed by atoms with Gasteiger partial charge in [0.1, 0.15) is 18.2 Å². The van der Waals surface area contributed by atoms with E-state index in [1.54, 1.807) is 66.2 Å². The maximum atomic E-state index is 14.1. The van der Waals surface area contributed by atoms with Crippen molar-refractivity contribution >= 4 is 50.7 Å². The van der Waals surface area contributed by atoms with Crippen molar-refractivity contribution < 1.29 is 13.9 Å². The summed E-state index contributed by atoms with van der Waals surface area (Å²) < 4.78 is 22.3. The van der Waals surface area contributed by atoms with Gasteiger partial charge in [-0.15, -0.1) is 0 Å². The fourth-order valence-corrected chi connectivity index (χ4v) is 4.47. The first-order valence-electron chi connectivity index (χ1n) is 8.93. The molecule has 4 aromatic rings. The van der Waals surface area contributed by atoms with Crippen LogP contribution in [0.5, 0.6) is 5.75 Å². The van der Waals surface area contributed by atoms with E-state index in [4.69, 9.17) is 27.9 Å². The number of hydrogen-bond acceptors (Lipinski definition) is 3. The van der Waals surface area contributed by atoms with E-state index >= 15 is 0 Å². The van der Waals surface area contributed by atoms with Gasteiger partial charge < -0.3 is 9.30 Å². The predicted octanol–water partition coefficient (Wildman–Crippen LogP) is 6.01. The van der Waals surface area contributed by atoms with Crippen molar-refractivity contribution in [2.24, 2.45) is 12.0 Å². The minimum absolute atomic E-state index is 0.169. The van der Waals surface area contributed by atoms with Gasteiger partial charge in [-0.2, -0.15) is 4.99 Å². The Kier molecular flexibility index (Phi) is 5.90. The van der Waals surface area contributed by atoms with Crippen molar-refractivity contribution in [3.05, 3.63) is 92.5 Å². The molecular formula is C22H15Cl2FN2O2S. The van der Waals surface area contributed by atoms with E-state index in [9.17, 15) is 9.18 Å². The number of carbonyl (C=O) groups excluding carboxylic acids is 1. The number of hydrogen-bond donors (Lipinski definition) is 0. The van der Waals surface area contributed by atoms with Gasteiger partial charge in [0.2, 0.25) is 0 Å². The van der Waals surface area contributed by atoms with Gasteiger partial charge in [0, 0.05) is 22.7 Å². The predicted molar refractivity (Wildman–Crippen MR) is 118 cm³/mol. The lowest BCUT2D eigenvalue weighted by Gasteiger charge is -2.10. The number of carbonyl (C=O) groups is 1. The van der Waals surface area contributed by atoms with Crippen molar-refractivity contribution in [2.45, 2.75) is 6.61 Å². The van der Waals surface area contributed by atoms with Crippen LogP contribution in [-0.2, 0) is 13.7 Å². The molecule has 0 fully saturated rings. The summed E-state index contributed by atoms with van der Waals surface area (Å²) >= 11 is 13.4. The number of amides is 1. The molecule has 8 heteroatoms. The van der Waals surface area contributed by atoms with Crippen LogP contribution in [0.25, 0.3) is 10.2 Å². The third kappa shape index (κ3) is 4.12. The maximum absolute atomic E-state index is 14.1. The van der Waals surface area contributed by atoms with Crippen LogP contribution in [0.3, 0.4) is 0 Å². The average molecular weight is 461 g/mol. The molecule has 1 amide bonds. The number of thiazole rings is 1. The highest BCUT2D eigenvalue weighted by Crippen LogP contribution is 2.25. The average Bonchev–Trinajstić information content (AvgIpc) is 3.04. The molecule has 0 N–H and O–H groups in total. The number of aromatic nitrogens is 1. The number of aryl methyl sites for hydroxylation is 1. The molecule has 0 aliphatic carbocycles. The highest BCUT2D eigenvalue weighted by Gasteiger charge is 2.14. The fourth-order valence-electron chi connectivity index (χ4n) is 2.97. The molecule has 4 rings (SSSR count). The van der Waals surface area contributed by atoms with E-state index < -0.39 is 5.91 Å². The smallest absolute Gasteiger partial charge is 0.283 e. The van der Waals surface area contributed by atoms with Crippen LogP contribution >= 0.6 is 34.5 Å². The Hall–Kier alpha value is -2.67. The van der Waals surface area contributed by atoms with Gasteiger partial charge in [0.15, 0.2) is 4.80 Å². The molecule has 0 spiro atoms. The molecule has 152 valence electrons. The molecular weight excluding hydrogens is 446 g/mol. The Morgan fingerprint density at radius 3 is 2.70 bits per heavy atom. The Labute approximate surface area is 185 Å². The maximum Gasteiger partial charge on any atom is 0.283 e. The number of halogens is 3. The minimum atomic E-state index is -0.477. The number of benzene rings is 3. The van der Waals surface area contributed by atoms with Crippen molar-refractivity contribution in [3.63, 3.8) is 0 Å². The highest BCUT2D eigenvalue weighted by molar-refractivity contribution is 7.16. The number of rotatable bonds is 4. The van der Waals surface area contributed by atoms with Crippen molar-refractivity contribution in [1.29, 1.82) is 0 Å². The molecule has 3 aromatic carbocycles. The molecule has 0 saturated carbocycles. The van der Waals surface area contributed by atoms with E-state index in [0.29, 0.717) is 36.4 Å². The first-order valence-corrected chi connectivity index (χ1v) is 10.5. The molecule has 0 saturated heterocycles. The molecule has 0 atom stereocenters. The third-order valence-corrected chi connectivity index (χ3v) is 6.17. The van der Waals surface area contributed by atoms with E-state index in [1.807, 2.05) is 0 Å². The van der Waals surface area contributed by atoms with Crippen LogP contribution in [0.15, 0.2) is 65.7 Å². The third-order valence-electron chi connectivity index (χ3n) is 4.49. The Morgan fingerprint density at radius 2 is 1.93 bits per heavy atom. The second-order valence-electron chi connectivity index (χ2n) is 6.47. The zero-order valence-corrected chi connectivity index (χ0v) is 18.1. The van der Waals surface area contributed by atoms with Crippen molar-refractivity contribution in [2.75, 3.05) is 0 Å². The van der Waals surface area contributed by atoms with E-state index in [-0.39, 0.29) is 12.4 Å². The Bertz CT molecular complexity index is 1330. The van der Waals surface area contributed by atoms with Gasteiger partial charge >= 0.3 is 0 Å². The zero-order valence-electron chi connectivity index (χ0n) is 15.7. The van der Waals surface area contributed by atoms with Crippen LogP contribution in [0.1, 0.15) is 15.9 Å². The number of nitrogens with zero attached hydrogens (tertiary/aromatic N) is 2. The van der Waals surface area contributed by atoms with Gasteiger partial charge in [-0.1, -0.05) is 58.8 Å². The summed E-state index contributed by atoms with van der Waals surface area (Å²) in [6.45, 7) is 0.169. The van der Waals surface area contributed by atoms with Crippen molar-refractivity contribution in [1.82, 2.24) is 4.57 Å². The SMILES string of the molecule is Cn1c(=NC(=O)c2ccccc2OCc2ccc(Cl)cc2Cl)sc2cccc(F)c21. The van der Waals surface area contributed by atoms with Crippen LogP contribution in [0, 0.1) is 5.82 Å². The van der Waals surface area contributed by atoms with Crippen LogP contribution in [0.2, 0.25) is 10.0 Å². The summed E-state index contributed by atoms with van der Waals surface area (Å²) in [5, 5.41) is 1.01. The Balaban J connectivity index is 1.65. The lowest BCUT2D eigenvalue weighted by atomic mass is 10.2. The monoisotopic (exact) mass is 460 g/mol. The van der Waals surface area contributed by atoms with Gasteiger partial charge in [-0.05, 0) is 36.4 Å². The molecule has 0 unspecified atom stereocenters. The summed E-state index contributed by atoms with van der Waals surface area (Å²) in [6.07, 6.45) is 0. The molecule has 30 heavy (non-hydrogen) atoms. The largest absolute Gasteiger partial charge is 0.488 e. The normalized spacial score (nSPS) is 11.8. The van der Waals surface area contributed by atoms with Gasteiger partial charge in [-0.3, -0.25) is 4.79 Å². The second kappa shape index (κ2) is 8.60. The van der Waals surface area contributed by atoms with E-state index in [1.165, 1.54) is 17.4 Å². The first kappa shape index (κ1) is 20.6. The molecule has 1 heterocycles. The quantitative estimate of drug-likeness (QED) is 0.374. The molecule has 0 bridgehead atoms. The first-order chi connectivity index (χ1) is 14.4. The lowest BCUT2D eigenvalue weighted by Crippen LogP contribution is -2.14. The van der Waals surface area contributed by atoms with Gasteiger partial charge in [0.05, 0.1) is 15.8 Å². The second-order valence-corrected chi connectivity index (χ2v) is 8.32. The van der Waals surface area contributed by atoms with Gasteiger partial charge in [-0.25, -0.2) is 4.39 Å². The summed E-state index contributed by atoms with van der Waals surface area (Å²) in [5.41, 5.74) is 1.46. The van der Waals surface area contributed by atoms with E-state index in [0.717, 1.165) is 5.56 Å². The Morgan fingerprint density at radius 1 is 1.13 bits per heavy atom. The fraction of sp³-hybridized carbons (Fsp3) is 0.0909. The van der Waals surface area contributed by atoms with E-state index in [2.05, 4.69) is 4.99 Å². The molecule has 1 aromatic heterocycles. The number of para-hydroxylation sites is 2. The van der Waals surface area contributed by atoms with Crippen LogP contribution in [0.4, 0.5) is 4.39 Å². The topological polar surface area (TPSA) is 43.6 Å². The minimum Gasteiger partial charge on any atom is -0.488 e. The standard InChI is InChI=1S/C22H15Cl2FN2O2S/c1-27-20-17(25)6-4-8-19(20)30-22(27)26-21(28)15-5-2-3-7-18(15)29-12-13-9-10-14(23)11-16(13)24/h2-11H,12H2,1H3. The molecule has 0 aliphatic heterocycles. The van der Waals surface area contributed by atoms with Crippen LogP contribution in [-0.4, -0.2) is 10.5 Å². The number of ether oxygens (including phenoxy) is 1. The summed E-state index contributed by atoms with van der Waals surface area (Å²) in [6, 6.07) is 16.8. The molecule has 0 aliphatic rings. The molecule has 4 nitrogen and oxygen atoms in total. The zero-order chi connectivity index (χ0) is 21.3. The highest BCUT2D eigenvalue weighted by atomic mass is 35.5. The summed E-state index contributed by atoms with van der Waals surface area (Å²) in [4.78, 5) is 17.5. The summed E-state index contributed by atoms with van der Waals surface area (Å²) in [7, 11) is 1.68. The number of fused-ring (bicyclic) bond motifs is 1. The van der Waals surface area contributed by atoms with Gasteiger partial charge in [0.25, 0.3) is 5.91 Å². The summed E-state index contributed by atoms with van der Waals surface area (Å²) in [5.74, 6) is -0.452. The van der Waals surface area contributed by atoms with Crippen molar-refractivity contribution in [3.8, 4) is 5.75 Å². The van der Waals surface area contributed by atoms with Crippen LogP contribution < -0.4 is 9.54 Å².